The Balaban J connectivity index is 1.26. The van der Waals surface area contributed by atoms with Gasteiger partial charge in [0.15, 0.2) is 0 Å². The number of hydrogen-bond donors (Lipinski definition) is 0. The van der Waals surface area contributed by atoms with Gasteiger partial charge in [0.1, 0.15) is 11.2 Å². The molecule has 1 aromatic heterocycles. The van der Waals surface area contributed by atoms with Gasteiger partial charge in [0.2, 0.25) is 0 Å². The molecule has 0 amide bonds. The molecule has 2 nitrogen and oxygen atoms in total. The summed E-state index contributed by atoms with van der Waals surface area (Å²) in [5.41, 5.74) is 16.6. The van der Waals surface area contributed by atoms with Gasteiger partial charge in [-0.2, -0.15) is 0 Å². The Morgan fingerprint density at radius 1 is 0.333 bits per heavy atom. The van der Waals surface area contributed by atoms with Crippen molar-refractivity contribution >= 4 is 39.0 Å². The van der Waals surface area contributed by atoms with E-state index >= 15 is 0 Å². The molecule has 1 aliphatic carbocycles. The van der Waals surface area contributed by atoms with E-state index in [4.69, 9.17) is 4.42 Å². The van der Waals surface area contributed by atoms with Crippen molar-refractivity contribution < 1.29 is 4.42 Å². The molecule has 1 aliphatic rings. The van der Waals surface area contributed by atoms with Gasteiger partial charge in [-0.15, -0.1) is 0 Å². The molecular formula is C55H37NO. The standard InChI is InChI=1S/C55H37NO/c1-5-18-38(19-6-1)44-28-17-29-45(39-20-7-2-8-21-39)54(44)56(42-33-35-53-49(36-42)48-27-14-16-31-52(48)57-53)43-32-34-47-46-26-13-15-30-50(46)55(51(47)37-43,40-22-9-3-10-23-40)41-24-11-4-12-25-41/h1-37H. The van der Waals surface area contributed by atoms with Crippen molar-refractivity contribution in [2.24, 2.45) is 0 Å². The summed E-state index contributed by atoms with van der Waals surface area (Å²) in [5, 5.41) is 2.19. The van der Waals surface area contributed by atoms with E-state index in [-0.39, 0.29) is 0 Å². The maximum atomic E-state index is 6.39. The van der Waals surface area contributed by atoms with Crippen molar-refractivity contribution in [2.45, 2.75) is 5.41 Å². The topological polar surface area (TPSA) is 16.4 Å². The van der Waals surface area contributed by atoms with E-state index in [0.717, 1.165) is 61.3 Å². The van der Waals surface area contributed by atoms with Gasteiger partial charge in [-0.3, -0.25) is 0 Å². The largest absolute Gasteiger partial charge is 0.456 e. The fraction of sp³-hybridized carbons (Fsp3) is 0.0182. The number of fused-ring (bicyclic) bond motifs is 6. The molecule has 0 fully saturated rings. The van der Waals surface area contributed by atoms with Gasteiger partial charge in [0.25, 0.3) is 0 Å². The summed E-state index contributed by atoms with van der Waals surface area (Å²) in [4.78, 5) is 2.48. The first-order valence-corrected chi connectivity index (χ1v) is 19.6. The van der Waals surface area contributed by atoms with Crippen molar-refractivity contribution in [2.75, 3.05) is 4.90 Å². The molecule has 10 aromatic rings. The van der Waals surface area contributed by atoms with Crippen LogP contribution in [0, 0.1) is 0 Å². The average molecular weight is 728 g/mol. The normalized spacial score (nSPS) is 12.7. The molecule has 0 spiro atoms. The molecule has 9 aromatic carbocycles. The molecule has 0 unspecified atom stereocenters. The first-order chi connectivity index (χ1) is 28.3. The van der Waals surface area contributed by atoms with Gasteiger partial charge in [-0.25, -0.2) is 0 Å². The highest BCUT2D eigenvalue weighted by atomic mass is 16.3. The summed E-state index contributed by atoms with van der Waals surface area (Å²) in [6.45, 7) is 0. The first-order valence-electron chi connectivity index (χ1n) is 19.6. The lowest BCUT2D eigenvalue weighted by Gasteiger charge is -2.35. The fourth-order valence-electron chi connectivity index (χ4n) is 9.32. The van der Waals surface area contributed by atoms with Crippen molar-refractivity contribution in [3.05, 3.63) is 247 Å². The number of hydrogen-bond acceptors (Lipinski definition) is 2. The first kappa shape index (κ1) is 33.0. The molecule has 268 valence electrons. The Morgan fingerprint density at radius 3 is 1.49 bits per heavy atom. The average Bonchev–Trinajstić information content (AvgIpc) is 3.81. The number of rotatable bonds is 7. The zero-order valence-corrected chi connectivity index (χ0v) is 31.2. The molecular weight excluding hydrogens is 691 g/mol. The Hall–Kier alpha value is -7.42. The molecule has 1 heterocycles. The highest BCUT2D eigenvalue weighted by Crippen LogP contribution is 2.58. The van der Waals surface area contributed by atoms with E-state index in [9.17, 15) is 0 Å². The molecule has 2 heteroatoms. The number of nitrogens with zero attached hydrogens (tertiary/aromatic N) is 1. The summed E-state index contributed by atoms with van der Waals surface area (Å²) < 4.78 is 6.39. The lowest BCUT2D eigenvalue weighted by molar-refractivity contribution is 0.669. The predicted molar refractivity (Wildman–Crippen MR) is 237 cm³/mol. The summed E-state index contributed by atoms with van der Waals surface area (Å²) in [6, 6.07) is 81.4. The zero-order valence-electron chi connectivity index (χ0n) is 31.2. The van der Waals surface area contributed by atoms with Crippen LogP contribution in [0.25, 0.3) is 55.3 Å². The molecule has 0 radical (unpaired) electrons. The lowest BCUT2D eigenvalue weighted by atomic mass is 9.67. The Morgan fingerprint density at radius 2 is 0.825 bits per heavy atom. The molecule has 0 aliphatic heterocycles. The van der Waals surface area contributed by atoms with Crippen LogP contribution in [0.2, 0.25) is 0 Å². The number of anilines is 3. The van der Waals surface area contributed by atoms with E-state index in [1.165, 1.54) is 33.4 Å². The monoisotopic (exact) mass is 727 g/mol. The van der Waals surface area contributed by atoms with Crippen molar-refractivity contribution in [3.63, 3.8) is 0 Å². The van der Waals surface area contributed by atoms with Crippen LogP contribution < -0.4 is 4.90 Å². The third-order valence-electron chi connectivity index (χ3n) is 11.7. The van der Waals surface area contributed by atoms with Crippen LogP contribution >= 0.6 is 0 Å². The van der Waals surface area contributed by atoms with Crippen LogP contribution in [-0.4, -0.2) is 0 Å². The van der Waals surface area contributed by atoms with Gasteiger partial charge in [0, 0.05) is 33.3 Å². The summed E-state index contributed by atoms with van der Waals surface area (Å²) >= 11 is 0. The van der Waals surface area contributed by atoms with Crippen LogP contribution in [0.1, 0.15) is 22.3 Å². The van der Waals surface area contributed by atoms with E-state index in [0.29, 0.717) is 0 Å². The highest BCUT2D eigenvalue weighted by Gasteiger charge is 2.46. The third kappa shape index (κ3) is 5.18. The predicted octanol–water partition coefficient (Wildman–Crippen LogP) is 14.8. The fourth-order valence-corrected chi connectivity index (χ4v) is 9.32. The van der Waals surface area contributed by atoms with Crippen LogP contribution in [0.3, 0.4) is 0 Å². The van der Waals surface area contributed by atoms with Crippen molar-refractivity contribution in [1.82, 2.24) is 0 Å². The van der Waals surface area contributed by atoms with Crippen molar-refractivity contribution in [3.8, 4) is 33.4 Å². The van der Waals surface area contributed by atoms with Crippen LogP contribution in [0.4, 0.5) is 17.1 Å². The Labute approximate surface area is 332 Å². The molecule has 57 heavy (non-hydrogen) atoms. The highest BCUT2D eigenvalue weighted by molar-refractivity contribution is 6.07. The second-order valence-electron chi connectivity index (χ2n) is 14.8. The number of para-hydroxylation sites is 2. The number of furan rings is 1. The molecule has 0 bridgehead atoms. The van der Waals surface area contributed by atoms with Crippen LogP contribution in [0.15, 0.2) is 229 Å². The minimum Gasteiger partial charge on any atom is -0.456 e. The minimum atomic E-state index is -0.540. The number of benzene rings is 9. The quantitative estimate of drug-likeness (QED) is 0.163. The van der Waals surface area contributed by atoms with Gasteiger partial charge < -0.3 is 9.32 Å². The zero-order chi connectivity index (χ0) is 37.8. The molecule has 11 rings (SSSR count). The van der Waals surface area contributed by atoms with Crippen LogP contribution in [0.5, 0.6) is 0 Å². The summed E-state index contributed by atoms with van der Waals surface area (Å²) in [5.74, 6) is 0. The molecule has 0 atom stereocenters. The summed E-state index contributed by atoms with van der Waals surface area (Å²) in [7, 11) is 0. The Kier molecular flexibility index (Phi) is 7.75. The smallest absolute Gasteiger partial charge is 0.135 e. The van der Waals surface area contributed by atoms with E-state index in [2.05, 4.69) is 223 Å². The molecule has 0 saturated carbocycles. The second kappa shape index (κ2) is 13.4. The van der Waals surface area contributed by atoms with Gasteiger partial charge in [-0.1, -0.05) is 188 Å². The third-order valence-corrected chi connectivity index (χ3v) is 11.7. The van der Waals surface area contributed by atoms with Crippen molar-refractivity contribution in [1.29, 1.82) is 0 Å². The second-order valence-corrected chi connectivity index (χ2v) is 14.8. The molecule has 0 saturated heterocycles. The summed E-state index contributed by atoms with van der Waals surface area (Å²) in [6.07, 6.45) is 0. The van der Waals surface area contributed by atoms with E-state index in [1.807, 2.05) is 6.07 Å². The van der Waals surface area contributed by atoms with E-state index in [1.54, 1.807) is 0 Å². The van der Waals surface area contributed by atoms with Gasteiger partial charge in [0.05, 0.1) is 11.1 Å². The lowest BCUT2D eigenvalue weighted by Crippen LogP contribution is -2.28. The maximum Gasteiger partial charge on any atom is 0.135 e. The maximum absolute atomic E-state index is 6.39. The Bertz CT molecular complexity index is 2960. The van der Waals surface area contributed by atoms with E-state index < -0.39 is 5.41 Å². The van der Waals surface area contributed by atoms with Gasteiger partial charge in [-0.05, 0) is 80.9 Å². The SMILES string of the molecule is c1ccc(-c2cccc(-c3ccccc3)c2N(c2ccc3c(c2)C(c2ccccc2)(c2ccccc2)c2ccccc2-3)c2ccc3oc4ccccc4c3c2)cc1. The van der Waals surface area contributed by atoms with Gasteiger partial charge >= 0.3 is 0 Å². The van der Waals surface area contributed by atoms with Crippen LogP contribution in [-0.2, 0) is 5.41 Å². The minimum absolute atomic E-state index is 0.540. The molecule has 0 N–H and O–H groups in total.